The molecule has 1 aromatic carbocycles. The molecule has 2 rings (SSSR count). The van der Waals surface area contributed by atoms with Crippen molar-refractivity contribution in [3.8, 4) is 5.75 Å². The minimum absolute atomic E-state index is 0.313. The van der Waals surface area contributed by atoms with E-state index in [1.165, 1.54) is 0 Å². The minimum atomic E-state index is -0.825. The van der Waals surface area contributed by atoms with Crippen molar-refractivity contribution < 1.29 is 14.6 Å². The highest BCUT2D eigenvalue weighted by molar-refractivity contribution is 9.10. The molecule has 0 amide bonds. The maximum Gasteiger partial charge on any atom is 0.346 e. The number of methoxy groups -OCH3 is 1. The molecular weight excluding hydrogens is 308 g/mol. The Kier molecular flexibility index (Phi) is 3.17. The van der Waals surface area contributed by atoms with E-state index in [4.69, 9.17) is 0 Å². The summed E-state index contributed by atoms with van der Waals surface area (Å²) in [7, 11) is 1.16. The van der Waals surface area contributed by atoms with Gasteiger partial charge in [-0.15, -0.1) is 0 Å². The summed E-state index contributed by atoms with van der Waals surface area (Å²) in [6, 6.07) is 5.07. The van der Waals surface area contributed by atoms with Gasteiger partial charge in [0.05, 0.1) is 7.11 Å². The molecule has 0 spiro atoms. The van der Waals surface area contributed by atoms with Gasteiger partial charge in [-0.2, -0.15) is 0 Å². The highest BCUT2D eigenvalue weighted by Gasteiger charge is 2.19. The van der Waals surface area contributed by atoms with Gasteiger partial charge in [0.2, 0.25) is 0 Å². The Labute approximate surface area is 109 Å². The second-order valence-corrected chi connectivity index (χ2v) is 5.18. The highest BCUT2D eigenvalue weighted by Crippen LogP contribution is 2.31. The number of hydrogen-bond donors (Lipinski definition) is 1. The first-order chi connectivity index (χ1) is 8.04. The van der Waals surface area contributed by atoms with Crippen LogP contribution < -0.4 is 4.74 Å². The summed E-state index contributed by atoms with van der Waals surface area (Å²) < 4.78 is 5.36. The van der Waals surface area contributed by atoms with Crippen LogP contribution >= 0.6 is 27.3 Å². The Morgan fingerprint density at radius 1 is 1.47 bits per heavy atom. The zero-order chi connectivity index (χ0) is 12.6. The van der Waals surface area contributed by atoms with Crippen molar-refractivity contribution in [2.45, 2.75) is 0 Å². The van der Waals surface area contributed by atoms with Gasteiger partial charge in [-0.3, -0.25) is 4.79 Å². The molecule has 6 heteroatoms. The number of halogens is 1. The average molecular weight is 315 g/mol. The van der Waals surface area contributed by atoms with Crippen LogP contribution in [0.2, 0.25) is 0 Å². The maximum atomic E-state index is 11.7. The molecule has 17 heavy (non-hydrogen) atoms. The fourth-order valence-corrected chi connectivity index (χ4v) is 2.90. The summed E-state index contributed by atoms with van der Waals surface area (Å²) in [5, 5.41) is 10.4. The van der Waals surface area contributed by atoms with Crippen LogP contribution in [-0.4, -0.2) is 18.2 Å². The molecule has 0 radical (unpaired) electrons. The van der Waals surface area contributed by atoms with E-state index < -0.39 is 10.7 Å². The Balaban J connectivity index is 2.85. The summed E-state index contributed by atoms with van der Waals surface area (Å²) in [4.78, 5) is 23.1. The van der Waals surface area contributed by atoms with Crippen LogP contribution in [0.5, 0.6) is 5.75 Å². The quantitative estimate of drug-likeness (QED) is 0.821. The Bertz CT molecular complexity index is 662. The van der Waals surface area contributed by atoms with Gasteiger partial charge in [0.25, 0.3) is 4.74 Å². The number of carbonyl (C=O) groups excluding carboxylic acids is 1. The molecular formula is C11H7BrO4S. The van der Waals surface area contributed by atoms with Crippen LogP contribution in [-0.2, 0) is 4.74 Å². The summed E-state index contributed by atoms with van der Waals surface area (Å²) in [5.74, 6) is -1.16. The third-order valence-electron chi connectivity index (χ3n) is 2.23. The average Bonchev–Trinajstić information content (AvgIpc) is 2.28. The van der Waals surface area contributed by atoms with Gasteiger partial charge in [0, 0.05) is 14.6 Å². The fraction of sp³-hybridized carbons (Fsp3) is 0.0909. The molecule has 0 aliphatic heterocycles. The van der Waals surface area contributed by atoms with E-state index in [1.807, 2.05) is 0 Å². The first kappa shape index (κ1) is 12.1. The molecule has 0 bridgehead atoms. The summed E-state index contributed by atoms with van der Waals surface area (Å²) in [6.07, 6.45) is 0. The number of benzene rings is 1. The van der Waals surface area contributed by atoms with Crippen LogP contribution in [0.25, 0.3) is 10.1 Å². The van der Waals surface area contributed by atoms with Crippen molar-refractivity contribution in [3.63, 3.8) is 0 Å². The Hall–Kier alpha value is -1.40. The van der Waals surface area contributed by atoms with Crippen molar-refractivity contribution >= 4 is 43.3 Å². The monoisotopic (exact) mass is 314 g/mol. The molecule has 88 valence electrons. The lowest BCUT2D eigenvalue weighted by atomic mass is 10.2. The van der Waals surface area contributed by atoms with Gasteiger partial charge in [-0.05, 0) is 18.2 Å². The Morgan fingerprint density at radius 3 is 2.82 bits per heavy atom. The summed E-state index contributed by atoms with van der Waals surface area (Å²) in [5.41, 5.74) is -0.313. The molecule has 0 unspecified atom stereocenters. The zero-order valence-electron chi connectivity index (χ0n) is 8.69. The molecule has 0 aliphatic carbocycles. The smallest absolute Gasteiger partial charge is 0.346 e. The van der Waals surface area contributed by atoms with Crippen molar-refractivity contribution in [2.24, 2.45) is 0 Å². The largest absolute Gasteiger partial charge is 0.506 e. The van der Waals surface area contributed by atoms with Crippen LogP contribution in [0.1, 0.15) is 10.4 Å². The van der Waals surface area contributed by atoms with E-state index >= 15 is 0 Å². The lowest BCUT2D eigenvalue weighted by molar-refractivity contribution is 0.0597. The summed E-state index contributed by atoms with van der Waals surface area (Å²) in [6.45, 7) is 0. The number of aromatic hydroxyl groups is 1. The molecule has 2 aromatic rings. The van der Waals surface area contributed by atoms with Gasteiger partial charge < -0.3 is 9.84 Å². The van der Waals surface area contributed by atoms with E-state index in [-0.39, 0.29) is 11.3 Å². The zero-order valence-corrected chi connectivity index (χ0v) is 11.1. The SMILES string of the molecule is COC(=O)c1c(O)c2ccc(Br)cc2sc1=O. The fourth-order valence-electron chi connectivity index (χ4n) is 1.44. The van der Waals surface area contributed by atoms with Crippen LogP contribution in [0, 0.1) is 0 Å². The van der Waals surface area contributed by atoms with Crippen LogP contribution in [0.4, 0.5) is 0 Å². The summed E-state index contributed by atoms with van der Waals surface area (Å²) >= 11 is 4.17. The van der Waals surface area contributed by atoms with E-state index in [9.17, 15) is 14.7 Å². The molecule has 0 saturated heterocycles. The molecule has 1 N–H and O–H groups in total. The highest BCUT2D eigenvalue weighted by atomic mass is 79.9. The number of esters is 1. The predicted molar refractivity (Wildman–Crippen MR) is 68.8 cm³/mol. The number of fused-ring (bicyclic) bond motifs is 1. The van der Waals surface area contributed by atoms with Gasteiger partial charge in [0.1, 0.15) is 5.75 Å². The lowest BCUT2D eigenvalue weighted by Gasteiger charge is -2.05. The van der Waals surface area contributed by atoms with Crippen LogP contribution in [0.15, 0.2) is 27.5 Å². The minimum Gasteiger partial charge on any atom is -0.506 e. The number of hydrogen-bond acceptors (Lipinski definition) is 5. The van der Waals surface area contributed by atoms with Crippen molar-refractivity contribution in [3.05, 3.63) is 37.8 Å². The second-order valence-electron chi connectivity index (χ2n) is 3.25. The predicted octanol–water partition coefficient (Wildman–Crippen LogP) is 2.52. The molecule has 0 saturated carbocycles. The standard InChI is InChI=1S/C11H7BrO4S/c1-16-10(14)8-9(13)6-3-2-5(12)4-7(6)17-11(8)15/h2-4,13H,1H3. The topological polar surface area (TPSA) is 63.6 Å². The maximum absolute atomic E-state index is 11.7. The van der Waals surface area contributed by atoms with Crippen LogP contribution in [0.3, 0.4) is 0 Å². The van der Waals surface area contributed by atoms with Crippen molar-refractivity contribution in [2.75, 3.05) is 7.11 Å². The lowest BCUT2D eigenvalue weighted by Crippen LogP contribution is -2.13. The number of ether oxygens (including phenoxy) is 1. The van der Waals surface area contributed by atoms with Gasteiger partial charge in [-0.1, -0.05) is 27.3 Å². The van der Waals surface area contributed by atoms with Gasteiger partial charge >= 0.3 is 5.97 Å². The first-order valence-corrected chi connectivity index (χ1v) is 6.19. The Morgan fingerprint density at radius 2 is 2.18 bits per heavy atom. The molecule has 1 aromatic heterocycles. The van der Waals surface area contributed by atoms with Gasteiger partial charge in [-0.25, -0.2) is 4.79 Å². The van der Waals surface area contributed by atoms with Gasteiger partial charge in [0.15, 0.2) is 5.56 Å². The number of carbonyl (C=O) groups is 1. The number of rotatable bonds is 1. The van der Waals surface area contributed by atoms with Crippen molar-refractivity contribution in [1.82, 2.24) is 0 Å². The molecule has 0 atom stereocenters. The normalized spacial score (nSPS) is 10.5. The van der Waals surface area contributed by atoms with E-state index in [0.29, 0.717) is 10.1 Å². The molecule has 0 aliphatic rings. The molecule has 1 heterocycles. The third kappa shape index (κ3) is 2.05. The van der Waals surface area contributed by atoms with Crippen molar-refractivity contribution in [1.29, 1.82) is 0 Å². The first-order valence-electron chi connectivity index (χ1n) is 4.58. The second kappa shape index (κ2) is 4.46. The van der Waals surface area contributed by atoms with E-state index in [1.54, 1.807) is 18.2 Å². The molecule has 4 nitrogen and oxygen atoms in total. The van der Waals surface area contributed by atoms with E-state index in [0.717, 1.165) is 22.9 Å². The molecule has 0 fully saturated rings. The third-order valence-corrected chi connectivity index (χ3v) is 3.67. The van der Waals surface area contributed by atoms with E-state index in [2.05, 4.69) is 20.7 Å².